The molecule has 3 heteroatoms. The molecule has 0 aromatic heterocycles. The average molecular weight is 270 g/mol. The Kier molecular flexibility index (Phi) is 4.02. The summed E-state index contributed by atoms with van der Waals surface area (Å²) in [5.74, 6) is 0.991. The van der Waals surface area contributed by atoms with Gasteiger partial charge in [0.2, 0.25) is 0 Å². The molecule has 0 bridgehead atoms. The molecular weight excluding hydrogens is 262 g/mol. The van der Waals surface area contributed by atoms with Crippen LogP contribution in [0.25, 0.3) is 0 Å². The van der Waals surface area contributed by atoms with E-state index in [0.717, 1.165) is 12.2 Å². The standard InChI is InChI=1S/C9H8O.O.Sb/c1-2-6-9-8(4-1)5-3-7-10-9;;/h1-4,6-7H,5H2;;. The molecule has 2 rings (SSSR count). The van der Waals surface area contributed by atoms with Crippen LogP contribution >= 0.6 is 0 Å². The number of rotatable bonds is 0. The molecule has 0 atom stereocenters. The Labute approximate surface area is 85.1 Å². The van der Waals surface area contributed by atoms with Crippen LogP contribution in [0.2, 0.25) is 0 Å². The fourth-order valence-corrected chi connectivity index (χ4v) is 1.08. The predicted octanol–water partition coefficient (Wildman–Crippen LogP) is 1.64. The number of hydrogen-bond donors (Lipinski definition) is 0. The first-order valence-electron chi connectivity index (χ1n) is 3.54. The van der Waals surface area contributed by atoms with Crippen molar-refractivity contribution >= 4 is 23.0 Å². The number of allylic oxidation sites excluding steroid dienone is 1. The normalized spacial score (nSPS) is 12.0. The van der Waals surface area contributed by atoms with E-state index in [1.54, 1.807) is 6.26 Å². The Hall–Kier alpha value is -0.622. The van der Waals surface area contributed by atoms with E-state index in [1.165, 1.54) is 5.56 Å². The zero-order valence-electron chi connectivity index (χ0n) is 6.43. The molecule has 1 heterocycles. The molecule has 1 radical (unpaired) electrons. The molecule has 0 saturated heterocycles. The maximum atomic E-state index is 8.30. The molecule has 1 aromatic rings. The maximum absolute atomic E-state index is 8.30. The average Bonchev–Trinajstić information content (AvgIpc) is 2.21. The molecule has 12 heavy (non-hydrogen) atoms. The molecule has 61 valence electrons. The van der Waals surface area contributed by atoms with Crippen LogP contribution in [-0.2, 0) is 9.44 Å². The summed E-state index contributed by atoms with van der Waals surface area (Å²) in [7, 11) is 0. The Bertz CT molecular complexity index is 257. The molecule has 1 aliphatic rings. The molecule has 0 saturated carbocycles. The third-order valence-corrected chi connectivity index (χ3v) is 1.60. The van der Waals surface area contributed by atoms with Gasteiger partial charge in [0.1, 0.15) is 5.75 Å². The van der Waals surface area contributed by atoms with Gasteiger partial charge < -0.3 is 4.74 Å². The van der Waals surface area contributed by atoms with Crippen LogP contribution in [0, 0.1) is 0 Å². The molecule has 0 N–H and O–H groups in total. The van der Waals surface area contributed by atoms with Crippen molar-refractivity contribution in [2.75, 3.05) is 0 Å². The molecular formula is C9H8O2Sb. The minimum atomic E-state index is 0.500. The van der Waals surface area contributed by atoms with Gasteiger partial charge in [0.15, 0.2) is 0 Å². The summed E-state index contributed by atoms with van der Waals surface area (Å²) in [6.45, 7) is 0. The van der Waals surface area contributed by atoms with E-state index in [0.29, 0.717) is 23.0 Å². The van der Waals surface area contributed by atoms with Crippen molar-refractivity contribution < 1.29 is 7.75 Å². The summed E-state index contributed by atoms with van der Waals surface area (Å²) in [4.78, 5) is 0. The minimum absolute atomic E-state index is 0.500. The first-order valence-corrected chi connectivity index (χ1v) is 4.59. The number of para-hydroxylation sites is 1. The predicted molar refractivity (Wildman–Crippen MR) is 46.4 cm³/mol. The van der Waals surface area contributed by atoms with Crippen molar-refractivity contribution in [3.63, 3.8) is 0 Å². The Balaban J connectivity index is 0.000000336. The molecule has 0 unspecified atom stereocenters. The summed E-state index contributed by atoms with van der Waals surface area (Å²) in [6.07, 6.45) is 4.75. The third kappa shape index (κ3) is 2.18. The van der Waals surface area contributed by atoms with E-state index in [9.17, 15) is 0 Å². The van der Waals surface area contributed by atoms with Gasteiger partial charge in [-0.2, -0.15) is 0 Å². The van der Waals surface area contributed by atoms with E-state index >= 15 is 0 Å². The zero-order valence-corrected chi connectivity index (χ0v) is 8.99. The van der Waals surface area contributed by atoms with Gasteiger partial charge in [-0.1, -0.05) is 18.2 Å². The van der Waals surface area contributed by atoms with Crippen molar-refractivity contribution in [1.82, 2.24) is 0 Å². The summed E-state index contributed by atoms with van der Waals surface area (Å²) in [5, 5.41) is 0. The molecule has 0 aliphatic carbocycles. The number of benzene rings is 1. The van der Waals surface area contributed by atoms with E-state index in [2.05, 4.69) is 6.07 Å². The monoisotopic (exact) mass is 269 g/mol. The molecule has 1 aromatic carbocycles. The van der Waals surface area contributed by atoms with Crippen molar-refractivity contribution in [2.24, 2.45) is 0 Å². The summed E-state index contributed by atoms with van der Waals surface area (Å²) >= 11 is 0.500. The van der Waals surface area contributed by atoms with Gasteiger partial charge in [-0.15, -0.1) is 0 Å². The van der Waals surface area contributed by atoms with Gasteiger partial charge in [-0.3, -0.25) is 0 Å². The molecule has 0 spiro atoms. The van der Waals surface area contributed by atoms with Crippen molar-refractivity contribution in [2.45, 2.75) is 6.42 Å². The SMILES string of the molecule is C1=COc2ccccc2C1.[O]=[Sb]. The van der Waals surface area contributed by atoms with Crippen LogP contribution < -0.4 is 4.74 Å². The van der Waals surface area contributed by atoms with Crippen LogP contribution in [0.15, 0.2) is 36.6 Å². The van der Waals surface area contributed by atoms with Crippen molar-refractivity contribution in [3.05, 3.63) is 42.2 Å². The quantitative estimate of drug-likeness (QED) is 0.670. The van der Waals surface area contributed by atoms with Gasteiger partial charge in [0.25, 0.3) is 0 Å². The first-order chi connectivity index (χ1) is 5.97. The van der Waals surface area contributed by atoms with Crippen molar-refractivity contribution in [1.29, 1.82) is 0 Å². The van der Waals surface area contributed by atoms with Crippen LogP contribution in [0.5, 0.6) is 5.75 Å². The van der Waals surface area contributed by atoms with Crippen LogP contribution in [-0.4, -0.2) is 23.0 Å². The Morgan fingerprint density at radius 2 is 2.00 bits per heavy atom. The summed E-state index contributed by atoms with van der Waals surface area (Å²) in [5.41, 5.74) is 1.27. The van der Waals surface area contributed by atoms with Gasteiger partial charge in [-0.25, -0.2) is 0 Å². The summed E-state index contributed by atoms with van der Waals surface area (Å²) < 4.78 is 13.5. The van der Waals surface area contributed by atoms with Gasteiger partial charge in [0.05, 0.1) is 6.26 Å². The second-order valence-electron chi connectivity index (χ2n) is 2.30. The molecule has 0 amide bonds. The fraction of sp³-hybridized carbons (Fsp3) is 0.111. The van der Waals surface area contributed by atoms with Crippen molar-refractivity contribution in [3.8, 4) is 5.75 Å². The number of fused-ring (bicyclic) bond motifs is 1. The van der Waals surface area contributed by atoms with Crippen LogP contribution in [0.1, 0.15) is 5.56 Å². The number of hydrogen-bond acceptors (Lipinski definition) is 2. The second kappa shape index (κ2) is 5.10. The molecule has 0 fully saturated rings. The van der Waals surface area contributed by atoms with Crippen LogP contribution in [0.3, 0.4) is 0 Å². The third-order valence-electron chi connectivity index (χ3n) is 1.60. The second-order valence-corrected chi connectivity index (χ2v) is 2.30. The molecule has 2 nitrogen and oxygen atoms in total. The van der Waals surface area contributed by atoms with E-state index in [-0.39, 0.29) is 0 Å². The molecule has 1 aliphatic heterocycles. The van der Waals surface area contributed by atoms with E-state index in [4.69, 9.17) is 7.75 Å². The topological polar surface area (TPSA) is 26.3 Å². The van der Waals surface area contributed by atoms with E-state index < -0.39 is 0 Å². The fourth-order valence-electron chi connectivity index (χ4n) is 1.08. The van der Waals surface area contributed by atoms with Gasteiger partial charge in [0, 0.05) is 0 Å². The zero-order chi connectivity index (χ0) is 8.81. The van der Waals surface area contributed by atoms with Crippen LogP contribution in [0.4, 0.5) is 0 Å². The number of ether oxygens (including phenoxy) is 1. The Morgan fingerprint density at radius 1 is 1.25 bits per heavy atom. The van der Waals surface area contributed by atoms with Gasteiger partial charge in [-0.05, 0) is 24.1 Å². The first kappa shape index (κ1) is 9.47. The summed E-state index contributed by atoms with van der Waals surface area (Å²) in [6, 6.07) is 8.08. The Morgan fingerprint density at radius 3 is 2.75 bits per heavy atom. The van der Waals surface area contributed by atoms with Gasteiger partial charge >= 0.3 is 26.0 Å². The van der Waals surface area contributed by atoms with E-state index in [1.807, 2.05) is 24.3 Å².